The van der Waals surface area contributed by atoms with E-state index in [1.165, 1.54) is 0 Å². The molecule has 0 spiro atoms. The highest BCUT2D eigenvalue weighted by atomic mass is 35.5. The number of carbonyl (C=O) groups is 1. The molecule has 1 aromatic carbocycles. The van der Waals surface area contributed by atoms with E-state index in [-0.39, 0.29) is 5.91 Å². The highest BCUT2D eigenvalue weighted by Gasteiger charge is 2.11. The lowest BCUT2D eigenvalue weighted by atomic mass is 10.1. The molecule has 3 rings (SSSR count). The highest BCUT2D eigenvalue weighted by Crippen LogP contribution is 2.19. The molecule has 0 atom stereocenters. The molecule has 0 saturated heterocycles. The van der Waals surface area contributed by atoms with Gasteiger partial charge in [0.05, 0.1) is 0 Å². The predicted octanol–water partition coefficient (Wildman–Crippen LogP) is 3.47. The van der Waals surface area contributed by atoms with Crippen molar-refractivity contribution in [2.24, 2.45) is 0 Å². The highest BCUT2D eigenvalue weighted by molar-refractivity contribution is 6.29. The Morgan fingerprint density at radius 2 is 2.00 bits per heavy atom. The van der Waals surface area contributed by atoms with Gasteiger partial charge < -0.3 is 10.3 Å². The molecule has 5 heteroatoms. The van der Waals surface area contributed by atoms with E-state index in [9.17, 15) is 4.79 Å². The fourth-order valence-corrected chi connectivity index (χ4v) is 2.11. The first-order valence-corrected chi connectivity index (χ1v) is 6.12. The normalized spacial score (nSPS) is 10.6. The van der Waals surface area contributed by atoms with Gasteiger partial charge >= 0.3 is 0 Å². The first-order valence-electron chi connectivity index (χ1n) is 5.74. The molecule has 1 amide bonds. The van der Waals surface area contributed by atoms with Crippen LogP contribution in [0.15, 0.2) is 48.7 Å². The number of H-pyrrole nitrogens is 1. The standard InChI is InChI=1S/C14H10ClN3O/c15-12-5-2-6-13(17-12)18-14(19)10-3-1-4-11-9(10)7-8-16-11/h1-8,16H,(H,17,18,19). The number of anilines is 1. The van der Waals surface area contributed by atoms with Gasteiger partial charge in [0.15, 0.2) is 0 Å². The van der Waals surface area contributed by atoms with Crippen molar-refractivity contribution in [3.05, 3.63) is 59.4 Å². The number of nitrogens with zero attached hydrogens (tertiary/aromatic N) is 1. The monoisotopic (exact) mass is 271 g/mol. The number of aromatic nitrogens is 2. The van der Waals surface area contributed by atoms with Crippen LogP contribution in [0.3, 0.4) is 0 Å². The van der Waals surface area contributed by atoms with Gasteiger partial charge in [-0.1, -0.05) is 23.7 Å². The summed E-state index contributed by atoms with van der Waals surface area (Å²) in [5.41, 5.74) is 1.52. The van der Waals surface area contributed by atoms with Gasteiger partial charge in [0.25, 0.3) is 5.91 Å². The van der Waals surface area contributed by atoms with Gasteiger partial charge in [-0.2, -0.15) is 0 Å². The van der Waals surface area contributed by atoms with Gasteiger partial charge in [0, 0.05) is 22.7 Å². The van der Waals surface area contributed by atoms with Gasteiger partial charge in [-0.15, -0.1) is 0 Å². The van der Waals surface area contributed by atoms with Crippen molar-refractivity contribution >= 4 is 34.2 Å². The van der Waals surface area contributed by atoms with Crippen LogP contribution in [-0.2, 0) is 0 Å². The quantitative estimate of drug-likeness (QED) is 0.701. The van der Waals surface area contributed by atoms with Gasteiger partial charge in [-0.3, -0.25) is 4.79 Å². The first kappa shape index (κ1) is 11.7. The lowest BCUT2D eigenvalue weighted by Crippen LogP contribution is -2.13. The summed E-state index contributed by atoms with van der Waals surface area (Å²) in [4.78, 5) is 19.3. The van der Waals surface area contributed by atoms with Crippen LogP contribution in [0.5, 0.6) is 0 Å². The van der Waals surface area contributed by atoms with Crippen LogP contribution in [0.25, 0.3) is 10.9 Å². The summed E-state index contributed by atoms with van der Waals surface area (Å²) in [6.45, 7) is 0. The molecule has 0 saturated carbocycles. The van der Waals surface area contributed by atoms with Crippen LogP contribution in [0, 0.1) is 0 Å². The maximum Gasteiger partial charge on any atom is 0.257 e. The predicted molar refractivity (Wildman–Crippen MR) is 75.5 cm³/mol. The lowest BCUT2D eigenvalue weighted by Gasteiger charge is -2.05. The molecular formula is C14H10ClN3O. The summed E-state index contributed by atoms with van der Waals surface area (Å²) in [6.07, 6.45) is 1.80. The van der Waals surface area contributed by atoms with Crippen molar-refractivity contribution in [3.8, 4) is 0 Å². The minimum absolute atomic E-state index is 0.208. The molecule has 4 nitrogen and oxygen atoms in total. The van der Waals surface area contributed by atoms with Crippen LogP contribution in [0.2, 0.25) is 5.15 Å². The third kappa shape index (κ3) is 2.30. The first-order chi connectivity index (χ1) is 9.24. The van der Waals surface area contributed by atoms with Crippen molar-refractivity contribution < 1.29 is 4.79 Å². The molecule has 0 unspecified atom stereocenters. The second kappa shape index (κ2) is 4.74. The summed E-state index contributed by atoms with van der Waals surface area (Å²) in [7, 11) is 0. The second-order valence-electron chi connectivity index (χ2n) is 4.04. The van der Waals surface area contributed by atoms with Crippen molar-refractivity contribution in [1.29, 1.82) is 0 Å². The van der Waals surface area contributed by atoms with E-state index >= 15 is 0 Å². The Morgan fingerprint density at radius 3 is 2.84 bits per heavy atom. The third-order valence-corrected chi connectivity index (χ3v) is 3.01. The van der Waals surface area contributed by atoms with E-state index in [0.717, 1.165) is 10.9 Å². The zero-order chi connectivity index (χ0) is 13.2. The molecule has 94 valence electrons. The summed E-state index contributed by atoms with van der Waals surface area (Å²) in [5, 5.41) is 3.95. The van der Waals surface area contributed by atoms with Gasteiger partial charge in [0.2, 0.25) is 0 Å². The number of rotatable bonds is 2. The van der Waals surface area contributed by atoms with E-state index in [2.05, 4.69) is 15.3 Å². The number of nitrogens with one attached hydrogen (secondary N) is 2. The Morgan fingerprint density at radius 1 is 1.16 bits per heavy atom. The molecule has 2 heterocycles. The Labute approximate surface area is 114 Å². The Bertz CT molecular complexity index is 751. The van der Waals surface area contributed by atoms with Gasteiger partial charge in [-0.25, -0.2) is 4.98 Å². The number of carbonyl (C=O) groups excluding carboxylic acids is 1. The Hall–Kier alpha value is -2.33. The minimum atomic E-state index is -0.208. The summed E-state index contributed by atoms with van der Waals surface area (Å²) < 4.78 is 0. The van der Waals surface area contributed by atoms with E-state index in [1.54, 1.807) is 30.5 Å². The minimum Gasteiger partial charge on any atom is -0.361 e. The lowest BCUT2D eigenvalue weighted by molar-refractivity contribution is 0.102. The molecule has 3 aromatic rings. The van der Waals surface area contributed by atoms with E-state index in [0.29, 0.717) is 16.5 Å². The smallest absolute Gasteiger partial charge is 0.257 e. The fourth-order valence-electron chi connectivity index (χ4n) is 1.94. The molecular weight excluding hydrogens is 262 g/mol. The Kier molecular flexibility index (Phi) is 2.93. The van der Waals surface area contributed by atoms with Crippen LogP contribution >= 0.6 is 11.6 Å². The number of aromatic amines is 1. The zero-order valence-electron chi connectivity index (χ0n) is 9.85. The molecule has 0 bridgehead atoms. The van der Waals surface area contributed by atoms with Crippen LogP contribution in [-0.4, -0.2) is 15.9 Å². The summed E-state index contributed by atoms with van der Waals surface area (Å²) in [6, 6.07) is 12.5. The largest absolute Gasteiger partial charge is 0.361 e. The number of hydrogen-bond acceptors (Lipinski definition) is 2. The maximum atomic E-state index is 12.2. The molecule has 2 N–H and O–H groups in total. The van der Waals surface area contributed by atoms with Crippen molar-refractivity contribution in [3.63, 3.8) is 0 Å². The van der Waals surface area contributed by atoms with Crippen molar-refractivity contribution in [2.45, 2.75) is 0 Å². The number of hydrogen-bond donors (Lipinski definition) is 2. The van der Waals surface area contributed by atoms with Crippen LogP contribution in [0.4, 0.5) is 5.82 Å². The summed E-state index contributed by atoms with van der Waals surface area (Å²) >= 11 is 5.78. The second-order valence-corrected chi connectivity index (χ2v) is 4.43. The fraction of sp³-hybridized carbons (Fsp3) is 0. The number of halogens is 1. The molecule has 0 aliphatic rings. The number of benzene rings is 1. The number of amides is 1. The maximum absolute atomic E-state index is 12.2. The van der Waals surface area contributed by atoms with E-state index in [1.807, 2.05) is 18.2 Å². The average Bonchev–Trinajstić information content (AvgIpc) is 2.86. The number of pyridine rings is 1. The van der Waals surface area contributed by atoms with Crippen molar-refractivity contribution in [1.82, 2.24) is 9.97 Å². The SMILES string of the molecule is O=C(Nc1cccc(Cl)n1)c1cccc2[nH]ccc12. The molecule has 0 fully saturated rings. The van der Waals surface area contributed by atoms with Crippen LogP contribution in [0.1, 0.15) is 10.4 Å². The number of fused-ring (bicyclic) bond motifs is 1. The molecule has 0 aliphatic carbocycles. The van der Waals surface area contributed by atoms with E-state index < -0.39 is 0 Å². The zero-order valence-corrected chi connectivity index (χ0v) is 10.6. The topological polar surface area (TPSA) is 57.8 Å². The van der Waals surface area contributed by atoms with Gasteiger partial charge in [-0.05, 0) is 30.3 Å². The van der Waals surface area contributed by atoms with Crippen molar-refractivity contribution in [2.75, 3.05) is 5.32 Å². The van der Waals surface area contributed by atoms with Gasteiger partial charge in [0.1, 0.15) is 11.0 Å². The molecule has 2 aromatic heterocycles. The molecule has 0 aliphatic heterocycles. The van der Waals surface area contributed by atoms with Crippen LogP contribution < -0.4 is 5.32 Å². The molecule has 0 radical (unpaired) electrons. The Balaban J connectivity index is 1.94. The van der Waals surface area contributed by atoms with E-state index in [4.69, 9.17) is 11.6 Å². The third-order valence-electron chi connectivity index (χ3n) is 2.80. The average molecular weight is 272 g/mol. The summed E-state index contributed by atoms with van der Waals surface area (Å²) in [5.74, 6) is 0.227. The molecule has 19 heavy (non-hydrogen) atoms.